The summed E-state index contributed by atoms with van der Waals surface area (Å²) in [7, 11) is -1.34. The van der Waals surface area contributed by atoms with Crippen LogP contribution in [0.15, 0.2) is 168 Å². The monoisotopic (exact) mass is 1060 g/mol. The Morgan fingerprint density at radius 1 is 0.692 bits per heavy atom. The van der Waals surface area contributed by atoms with E-state index < -0.39 is 19.9 Å². The first-order valence-corrected chi connectivity index (χ1v) is 24.8. The van der Waals surface area contributed by atoms with Gasteiger partial charge >= 0.3 is 6.18 Å². The van der Waals surface area contributed by atoms with E-state index in [1.807, 2.05) is 84.9 Å². The molecule has 5 nitrogen and oxygen atoms in total. The van der Waals surface area contributed by atoms with Gasteiger partial charge in [-0.3, -0.25) is 4.98 Å². The summed E-state index contributed by atoms with van der Waals surface area (Å²) in [6, 6.07) is 57.2. The molecule has 65 heavy (non-hydrogen) atoms. The van der Waals surface area contributed by atoms with Gasteiger partial charge in [0.2, 0.25) is 5.71 Å². The summed E-state index contributed by atoms with van der Waals surface area (Å²) in [6.45, 7) is 11.7. The molecule has 0 spiro atoms. The zero-order valence-corrected chi connectivity index (χ0v) is 39.9. The standard InChI is InChI=1S/C37H21F3N3O.C18H24NSi.Ir/c38-37(39,40)32-22-21-28-27-17-10-18-29(34(27)44-36(28)42-32)35-41-30-19-7-8-20-31(30)43(35)33-25(23-11-3-1-4-12-23)15-9-16-26(33)24-13-5-2-6-14-24;1-14(2)11-16-12-17(15-9-7-6-8-10-15)19-13-18(16)20(3,4)5;/h1-17,19-22H;6-9,12-14H,11H2,1-5H3;/q2*-1;. The molecule has 0 aliphatic heterocycles. The number of hydrogen-bond acceptors (Lipinski definition) is 4. The minimum atomic E-state index is -4.59. The zero-order valence-electron chi connectivity index (χ0n) is 36.5. The second-order valence-corrected chi connectivity index (χ2v) is 22.3. The van der Waals surface area contributed by atoms with Gasteiger partial charge in [0.1, 0.15) is 5.69 Å². The summed E-state index contributed by atoms with van der Waals surface area (Å²) in [5.74, 6) is 1.22. The van der Waals surface area contributed by atoms with Crippen molar-refractivity contribution >= 4 is 46.4 Å². The predicted molar refractivity (Wildman–Crippen MR) is 256 cm³/mol. The van der Waals surface area contributed by atoms with E-state index in [1.54, 1.807) is 12.1 Å². The van der Waals surface area contributed by atoms with Crippen LogP contribution in [0.2, 0.25) is 19.6 Å². The van der Waals surface area contributed by atoms with Crippen LogP contribution in [0.5, 0.6) is 0 Å². The Kier molecular flexibility index (Phi) is 12.9. The molecule has 6 aromatic carbocycles. The third-order valence-corrected chi connectivity index (χ3v) is 13.3. The van der Waals surface area contributed by atoms with Gasteiger partial charge in [0.15, 0.2) is 0 Å². The van der Waals surface area contributed by atoms with Crippen LogP contribution in [-0.2, 0) is 32.7 Å². The van der Waals surface area contributed by atoms with Gasteiger partial charge in [-0.15, -0.1) is 54.1 Å². The van der Waals surface area contributed by atoms with Crippen LogP contribution in [0, 0.1) is 18.1 Å². The summed E-state index contributed by atoms with van der Waals surface area (Å²) in [5.41, 5.74) is 9.95. The molecular weight excluding hydrogens is 1010 g/mol. The predicted octanol–water partition coefficient (Wildman–Crippen LogP) is 14.4. The van der Waals surface area contributed by atoms with Crippen molar-refractivity contribution in [1.29, 1.82) is 0 Å². The van der Waals surface area contributed by atoms with Crippen molar-refractivity contribution in [1.82, 2.24) is 19.5 Å². The van der Waals surface area contributed by atoms with Crippen LogP contribution in [0.4, 0.5) is 13.2 Å². The van der Waals surface area contributed by atoms with Crippen molar-refractivity contribution < 1.29 is 37.7 Å². The summed E-state index contributed by atoms with van der Waals surface area (Å²) in [4.78, 5) is 13.6. The molecule has 0 saturated carbocycles. The number of para-hydroxylation sites is 3. The van der Waals surface area contributed by atoms with Crippen molar-refractivity contribution in [3.8, 4) is 50.6 Å². The number of alkyl halides is 3. The van der Waals surface area contributed by atoms with Gasteiger partial charge in [0, 0.05) is 42.8 Å². The molecule has 0 unspecified atom stereocenters. The van der Waals surface area contributed by atoms with Crippen molar-refractivity contribution in [2.45, 2.75) is 46.1 Å². The molecule has 0 saturated heterocycles. The van der Waals surface area contributed by atoms with Gasteiger partial charge < -0.3 is 14.0 Å². The molecule has 10 aromatic rings. The van der Waals surface area contributed by atoms with E-state index in [4.69, 9.17) is 9.40 Å². The molecule has 0 atom stereocenters. The van der Waals surface area contributed by atoms with Gasteiger partial charge in [-0.1, -0.05) is 147 Å². The molecule has 4 aromatic heterocycles. The second-order valence-electron chi connectivity index (χ2n) is 17.3. The molecule has 0 bridgehead atoms. The van der Waals surface area contributed by atoms with Gasteiger partial charge in [0.05, 0.1) is 36.2 Å². The fourth-order valence-electron chi connectivity index (χ4n) is 8.33. The molecule has 327 valence electrons. The van der Waals surface area contributed by atoms with E-state index in [0.717, 1.165) is 62.7 Å². The number of benzene rings is 6. The van der Waals surface area contributed by atoms with Gasteiger partial charge in [-0.25, -0.2) is 4.98 Å². The maximum atomic E-state index is 13.5. The van der Waals surface area contributed by atoms with Crippen LogP contribution >= 0.6 is 0 Å². The zero-order chi connectivity index (χ0) is 44.6. The van der Waals surface area contributed by atoms with Gasteiger partial charge in [-0.05, 0) is 58.6 Å². The number of furan rings is 1. The van der Waals surface area contributed by atoms with Crippen molar-refractivity contribution in [3.05, 3.63) is 187 Å². The number of pyridine rings is 2. The SMILES string of the molecule is CC(C)Cc1cc(-c2[c-]cccc2)ncc1[Si](C)(C)C.FC(F)(F)c1ccc2c(n1)oc1c(-c3nc4ccccc4n3-c3c(-c4ccccc4)cccc3-c3ccccc3)[c-]ccc12.[Ir]. The molecule has 0 aliphatic carbocycles. The van der Waals surface area contributed by atoms with E-state index in [2.05, 4.69) is 115 Å². The average Bonchev–Trinajstić information content (AvgIpc) is 3.87. The number of fused-ring (bicyclic) bond motifs is 4. The number of imidazole rings is 1. The van der Waals surface area contributed by atoms with Crippen LogP contribution in [0.25, 0.3) is 83.7 Å². The maximum Gasteiger partial charge on any atom is 0.433 e. The van der Waals surface area contributed by atoms with Crippen molar-refractivity contribution in [3.63, 3.8) is 0 Å². The third kappa shape index (κ3) is 9.25. The number of halogens is 3. The van der Waals surface area contributed by atoms with E-state index >= 15 is 0 Å². The van der Waals surface area contributed by atoms with E-state index in [0.29, 0.717) is 33.7 Å². The molecule has 1 radical (unpaired) electrons. The largest absolute Gasteiger partial charge is 0.486 e. The van der Waals surface area contributed by atoms with E-state index in [-0.39, 0.29) is 25.8 Å². The topological polar surface area (TPSA) is 56.7 Å². The number of nitrogens with zero attached hydrogens (tertiary/aromatic N) is 4. The molecule has 0 fully saturated rings. The summed E-state index contributed by atoms with van der Waals surface area (Å²) >= 11 is 0. The molecule has 0 amide bonds. The average molecular weight is 1060 g/mol. The summed E-state index contributed by atoms with van der Waals surface area (Å²) in [5, 5.41) is 2.61. The minimum Gasteiger partial charge on any atom is -0.486 e. The van der Waals surface area contributed by atoms with Crippen LogP contribution < -0.4 is 5.19 Å². The normalized spacial score (nSPS) is 11.8. The molecule has 10 heteroatoms. The van der Waals surface area contributed by atoms with Crippen LogP contribution in [0.1, 0.15) is 25.1 Å². The smallest absolute Gasteiger partial charge is 0.433 e. The van der Waals surface area contributed by atoms with E-state index in [9.17, 15) is 13.2 Å². The third-order valence-electron chi connectivity index (χ3n) is 11.2. The summed E-state index contributed by atoms with van der Waals surface area (Å²) < 4.78 is 48.7. The Balaban J connectivity index is 0.000000232. The molecular formula is C55H45F3IrN4OSi-2. The van der Waals surface area contributed by atoms with E-state index in [1.165, 1.54) is 16.8 Å². The first-order chi connectivity index (χ1) is 30.8. The van der Waals surface area contributed by atoms with Gasteiger partial charge in [-0.2, -0.15) is 13.2 Å². The fraction of sp³-hybridized carbons (Fsp3) is 0.145. The molecule has 4 heterocycles. The summed E-state index contributed by atoms with van der Waals surface area (Å²) in [6.07, 6.45) is -1.35. The Bertz CT molecular complexity index is 3190. The quantitative estimate of drug-likeness (QED) is 0.112. The molecule has 0 N–H and O–H groups in total. The van der Waals surface area contributed by atoms with Crippen molar-refractivity contribution in [2.75, 3.05) is 0 Å². The number of hydrogen-bond donors (Lipinski definition) is 0. The second kappa shape index (κ2) is 18.6. The van der Waals surface area contributed by atoms with Crippen LogP contribution in [-0.4, -0.2) is 27.6 Å². The van der Waals surface area contributed by atoms with Crippen LogP contribution in [0.3, 0.4) is 0 Å². The first kappa shape index (κ1) is 45.1. The molecule has 10 rings (SSSR count). The Morgan fingerprint density at radius 2 is 1.35 bits per heavy atom. The Morgan fingerprint density at radius 3 is 1.98 bits per heavy atom. The van der Waals surface area contributed by atoms with Gasteiger partial charge in [0.25, 0.3) is 0 Å². The number of rotatable bonds is 8. The maximum absolute atomic E-state index is 13.5. The fourth-order valence-corrected chi connectivity index (χ4v) is 9.92. The first-order valence-electron chi connectivity index (χ1n) is 21.3. The Hall–Kier alpha value is -6.45. The minimum absolute atomic E-state index is 0. The Labute approximate surface area is 391 Å². The molecule has 0 aliphatic rings. The number of aromatic nitrogens is 4. The van der Waals surface area contributed by atoms with Crippen molar-refractivity contribution in [2.24, 2.45) is 5.92 Å².